The first-order chi connectivity index (χ1) is 18.4. The van der Waals surface area contributed by atoms with Gasteiger partial charge in [-0.05, 0) is 73.0 Å². The number of anilines is 1. The maximum atomic E-state index is 13.6. The molecule has 0 saturated heterocycles. The Bertz CT molecular complexity index is 1360. The summed E-state index contributed by atoms with van der Waals surface area (Å²) in [7, 11) is 0. The van der Waals surface area contributed by atoms with Gasteiger partial charge in [0.15, 0.2) is 0 Å². The van der Waals surface area contributed by atoms with Crippen LogP contribution in [0.1, 0.15) is 42.2 Å². The number of ether oxygens (including phenoxy) is 3. The number of hydrogen-bond acceptors (Lipinski definition) is 4. The molecule has 196 valence electrons. The molecule has 6 heteroatoms. The molecule has 1 heterocycles. The summed E-state index contributed by atoms with van der Waals surface area (Å²) < 4.78 is 46.4. The minimum absolute atomic E-state index is 0.263. The molecule has 0 saturated carbocycles. The molecule has 0 bridgehead atoms. The maximum Gasteiger partial charge on any atom is 0.132 e. The van der Waals surface area contributed by atoms with Crippen LogP contribution in [0.3, 0.4) is 0 Å². The van der Waals surface area contributed by atoms with E-state index < -0.39 is 17.8 Å². The van der Waals surface area contributed by atoms with E-state index in [1.165, 1.54) is 24.3 Å². The van der Waals surface area contributed by atoms with Crippen LogP contribution in [0.2, 0.25) is 0 Å². The van der Waals surface area contributed by atoms with Crippen molar-refractivity contribution in [3.05, 3.63) is 131 Å². The summed E-state index contributed by atoms with van der Waals surface area (Å²) >= 11 is 0. The minimum Gasteiger partial charge on any atom is -0.485 e. The van der Waals surface area contributed by atoms with E-state index in [-0.39, 0.29) is 18.2 Å². The number of hydrogen-bond donors (Lipinski definition) is 1. The smallest absolute Gasteiger partial charge is 0.132 e. The zero-order valence-electron chi connectivity index (χ0n) is 21.5. The van der Waals surface area contributed by atoms with Crippen LogP contribution in [0.15, 0.2) is 97.1 Å². The first kappa shape index (κ1) is 25.9. The van der Waals surface area contributed by atoms with Crippen molar-refractivity contribution in [1.29, 1.82) is 0 Å². The molecule has 0 fully saturated rings. The summed E-state index contributed by atoms with van der Waals surface area (Å²) in [5, 5.41) is 3.38. The van der Waals surface area contributed by atoms with Gasteiger partial charge < -0.3 is 19.5 Å². The summed E-state index contributed by atoms with van der Waals surface area (Å²) in [4.78, 5) is 0. The SMILES string of the molecule is CC1(C)Oc2ccc(NCc3cccc(F)c3)cc2C(OCc2ccccc2)C1OCc1ccc(F)cc1. The highest BCUT2D eigenvalue weighted by Gasteiger charge is 2.45. The Hall–Kier alpha value is -3.74. The third-order valence-corrected chi connectivity index (χ3v) is 6.65. The molecule has 0 radical (unpaired) electrons. The van der Waals surface area contributed by atoms with Crippen molar-refractivity contribution in [3.8, 4) is 5.75 Å². The largest absolute Gasteiger partial charge is 0.485 e. The second kappa shape index (κ2) is 11.3. The molecule has 0 spiro atoms. The van der Waals surface area contributed by atoms with Crippen molar-refractivity contribution in [1.82, 2.24) is 0 Å². The highest BCUT2D eigenvalue weighted by molar-refractivity contribution is 5.54. The highest BCUT2D eigenvalue weighted by atomic mass is 19.1. The first-order valence-electron chi connectivity index (χ1n) is 12.7. The van der Waals surface area contributed by atoms with E-state index in [1.54, 1.807) is 18.2 Å². The Morgan fingerprint density at radius 2 is 1.45 bits per heavy atom. The van der Waals surface area contributed by atoms with Crippen molar-refractivity contribution in [3.63, 3.8) is 0 Å². The molecule has 1 N–H and O–H groups in total. The van der Waals surface area contributed by atoms with Crippen molar-refractivity contribution >= 4 is 5.69 Å². The standard InChI is InChI=1S/C32H31F2NO3/c1-32(2)31(37-21-23-11-13-25(33)14-12-23)30(36-20-22-7-4-3-5-8-22)28-18-27(15-16-29(28)38-32)35-19-24-9-6-10-26(34)17-24/h3-18,30-31,35H,19-21H2,1-2H3. The summed E-state index contributed by atoms with van der Waals surface area (Å²) in [5.41, 5.74) is 3.80. The predicted molar refractivity (Wildman–Crippen MR) is 144 cm³/mol. The van der Waals surface area contributed by atoms with Gasteiger partial charge in [0.05, 0.1) is 13.2 Å². The molecule has 1 aliphatic rings. The molecule has 2 unspecified atom stereocenters. The van der Waals surface area contributed by atoms with E-state index >= 15 is 0 Å². The molecule has 4 aromatic rings. The van der Waals surface area contributed by atoms with Gasteiger partial charge in [-0.1, -0.05) is 54.6 Å². The number of nitrogens with one attached hydrogen (secondary N) is 1. The molecule has 5 rings (SSSR count). The van der Waals surface area contributed by atoms with Gasteiger partial charge in [-0.3, -0.25) is 0 Å². The van der Waals surface area contributed by atoms with Crippen molar-refractivity contribution in [2.24, 2.45) is 0 Å². The van der Waals surface area contributed by atoms with E-state index in [1.807, 2.05) is 68.4 Å². The van der Waals surface area contributed by atoms with Crippen LogP contribution in [0.25, 0.3) is 0 Å². The molecule has 0 aromatic heterocycles. The number of halogens is 2. The van der Waals surface area contributed by atoms with Crippen LogP contribution < -0.4 is 10.1 Å². The van der Waals surface area contributed by atoms with Crippen molar-refractivity contribution < 1.29 is 23.0 Å². The van der Waals surface area contributed by atoms with Gasteiger partial charge in [0.2, 0.25) is 0 Å². The Labute approximate surface area is 222 Å². The lowest BCUT2D eigenvalue weighted by molar-refractivity contribution is -0.170. The van der Waals surface area contributed by atoms with Crippen LogP contribution >= 0.6 is 0 Å². The lowest BCUT2D eigenvalue weighted by Gasteiger charge is -2.44. The van der Waals surface area contributed by atoms with Gasteiger partial charge in [-0.2, -0.15) is 0 Å². The monoisotopic (exact) mass is 515 g/mol. The lowest BCUT2D eigenvalue weighted by atomic mass is 9.87. The Morgan fingerprint density at radius 3 is 2.21 bits per heavy atom. The molecule has 0 amide bonds. The maximum absolute atomic E-state index is 13.6. The molecule has 2 atom stereocenters. The molecular formula is C32H31F2NO3. The molecule has 4 aromatic carbocycles. The van der Waals surface area contributed by atoms with Crippen LogP contribution in [0.4, 0.5) is 14.5 Å². The first-order valence-corrected chi connectivity index (χ1v) is 12.7. The summed E-state index contributed by atoms with van der Waals surface area (Å²) in [6, 6.07) is 28.7. The fraction of sp³-hybridized carbons (Fsp3) is 0.250. The quantitative estimate of drug-likeness (QED) is 0.249. The zero-order valence-corrected chi connectivity index (χ0v) is 21.5. The van der Waals surface area contributed by atoms with E-state index in [2.05, 4.69) is 5.32 Å². The van der Waals surface area contributed by atoms with Gasteiger partial charge >= 0.3 is 0 Å². The van der Waals surface area contributed by atoms with E-state index in [9.17, 15) is 8.78 Å². The second-order valence-corrected chi connectivity index (χ2v) is 10.0. The molecule has 1 aliphatic heterocycles. The average molecular weight is 516 g/mol. The second-order valence-electron chi connectivity index (χ2n) is 10.0. The van der Waals surface area contributed by atoms with E-state index in [0.717, 1.165) is 33.7 Å². The fourth-order valence-corrected chi connectivity index (χ4v) is 4.69. The summed E-state index contributed by atoms with van der Waals surface area (Å²) in [6.45, 7) is 5.14. The third-order valence-electron chi connectivity index (χ3n) is 6.65. The summed E-state index contributed by atoms with van der Waals surface area (Å²) in [5.74, 6) is 0.179. The summed E-state index contributed by atoms with van der Waals surface area (Å²) in [6.07, 6.45) is -0.868. The third kappa shape index (κ3) is 6.21. The lowest BCUT2D eigenvalue weighted by Crippen LogP contribution is -2.50. The number of rotatable bonds is 9. The number of fused-ring (bicyclic) bond motifs is 1. The van der Waals surface area contributed by atoms with Crippen LogP contribution in [0, 0.1) is 11.6 Å². The van der Waals surface area contributed by atoms with Crippen LogP contribution in [-0.2, 0) is 29.2 Å². The predicted octanol–water partition coefficient (Wildman–Crippen LogP) is 7.59. The van der Waals surface area contributed by atoms with Crippen molar-refractivity contribution in [2.45, 2.75) is 51.4 Å². The highest BCUT2D eigenvalue weighted by Crippen LogP contribution is 2.45. The van der Waals surface area contributed by atoms with E-state index in [4.69, 9.17) is 14.2 Å². The fourth-order valence-electron chi connectivity index (χ4n) is 4.69. The Kier molecular flexibility index (Phi) is 7.72. The topological polar surface area (TPSA) is 39.7 Å². The Balaban J connectivity index is 1.42. The molecular weight excluding hydrogens is 484 g/mol. The van der Waals surface area contributed by atoms with Gasteiger partial charge in [0, 0.05) is 17.8 Å². The zero-order chi connectivity index (χ0) is 26.5. The number of benzene rings is 4. The van der Waals surface area contributed by atoms with Gasteiger partial charge in [-0.15, -0.1) is 0 Å². The van der Waals surface area contributed by atoms with Crippen LogP contribution in [0.5, 0.6) is 5.75 Å². The molecule has 38 heavy (non-hydrogen) atoms. The molecule has 4 nitrogen and oxygen atoms in total. The normalized spacial score (nSPS) is 17.9. The minimum atomic E-state index is -0.690. The van der Waals surface area contributed by atoms with E-state index in [0.29, 0.717) is 13.2 Å². The van der Waals surface area contributed by atoms with Gasteiger partial charge in [0.1, 0.15) is 35.2 Å². The van der Waals surface area contributed by atoms with Gasteiger partial charge in [0.25, 0.3) is 0 Å². The van der Waals surface area contributed by atoms with Crippen molar-refractivity contribution in [2.75, 3.05) is 5.32 Å². The molecule has 0 aliphatic carbocycles. The Morgan fingerprint density at radius 1 is 0.737 bits per heavy atom. The average Bonchev–Trinajstić information content (AvgIpc) is 2.91. The van der Waals surface area contributed by atoms with Crippen LogP contribution in [-0.4, -0.2) is 11.7 Å². The van der Waals surface area contributed by atoms with Gasteiger partial charge in [-0.25, -0.2) is 8.78 Å².